The third kappa shape index (κ3) is 6.55. The van der Waals surface area contributed by atoms with Gasteiger partial charge in [-0.2, -0.15) is 0 Å². The number of aromatic nitrogens is 2. The van der Waals surface area contributed by atoms with Crippen LogP contribution in [0.5, 0.6) is 11.5 Å². The van der Waals surface area contributed by atoms with E-state index in [1.54, 1.807) is 0 Å². The van der Waals surface area contributed by atoms with E-state index in [2.05, 4.69) is 16.0 Å². The number of hydrogen-bond acceptors (Lipinski definition) is 4. The van der Waals surface area contributed by atoms with Crippen LogP contribution in [0, 0.1) is 13.8 Å². The monoisotopic (exact) mass is 491 g/mol. The van der Waals surface area contributed by atoms with Crippen LogP contribution in [0.4, 0.5) is 0 Å². The molecule has 1 amide bonds. The van der Waals surface area contributed by atoms with E-state index >= 15 is 0 Å². The number of carbonyl (C=O) groups is 1. The van der Waals surface area contributed by atoms with Gasteiger partial charge in [0.25, 0.3) is 5.91 Å². The Bertz CT molecular complexity index is 1260. The maximum absolute atomic E-state index is 12.1. The fourth-order valence-electron chi connectivity index (χ4n) is 4.00. The van der Waals surface area contributed by atoms with E-state index in [-0.39, 0.29) is 12.5 Å². The molecule has 0 fully saturated rings. The number of halogens is 1. The highest BCUT2D eigenvalue weighted by atomic mass is 35.5. The molecule has 0 bridgehead atoms. The first kappa shape index (κ1) is 24.6. The Labute approximate surface area is 210 Å². The average molecular weight is 492 g/mol. The third-order valence-corrected chi connectivity index (χ3v) is 6.34. The fraction of sp³-hybridized carbons (Fsp3) is 0.286. The first-order chi connectivity index (χ1) is 17.0. The van der Waals surface area contributed by atoms with Gasteiger partial charge in [0.1, 0.15) is 23.9 Å². The van der Waals surface area contributed by atoms with Gasteiger partial charge in [0, 0.05) is 18.0 Å². The second kappa shape index (κ2) is 11.8. The normalized spacial score (nSPS) is 10.9. The lowest BCUT2D eigenvalue weighted by Crippen LogP contribution is -2.30. The summed E-state index contributed by atoms with van der Waals surface area (Å²) in [6.07, 6.45) is 1.52. The van der Waals surface area contributed by atoms with Crippen LogP contribution >= 0.6 is 11.6 Å². The van der Waals surface area contributed by atoms with Crippen molar-refractivity contribution >= 4 is 28.5 Å². The largest absolute Gasteiger partial charge is 0.492 e. The Morgan fingerprint density at radius 3 is 2.46 bits per heavy atom. The number of aryl methyl sites for hydroxylation is 3. The molecule has 0 saturated carbocycles. The highest BCUT2D eigenvalue weighted by molar-refractivity contribution is 6.32. The predicted molar refractivity (Wildman–Crippen MR) is 139 cm³/mol. The molecule has 0 aliphatic heterocycles. The molecule has 35 heavy (non-hydrogen) atoms. The van der Waals surface area contributed by atoms with Crippen molar-refractivity contribution in [3.8, 4) is 11.5 Å². The van der Waals surface area contributed by atoms with E-state index in [9.17, 15) is 4.79 Å². The van der Waals surface area contributed by atoms with Gasteiger partial charge >= 0.3 is 0 Å². The second-order valence-corrected chi connectivity index (χ2v) is 8.82. The molecule has 1 N–H and O–H groups in total. The van der Waals surface area contributed by atoms with Gasteiger partial charge in [-0.05, 0) is 67.8 Å². The van der Waals surface area contributed by atoms with Crippen molar-refractivity contribution in [2.24, 2.45) is 0 Å². The van der Waals surface area contributed by atoms with Crippen molar-refractivity contribution in [2.45, 2.75) is 33.2 Å². The summed E-state index contributed by atoms with van der Waals surface area (Å²) in [5.41, 5.74) is 4.05. The van der Waals surface area contributed by atoms with E-state index < -0.39 is 0 Å². The van der Waals surface area contributed by atoms with Crippen LogP contribution in [0.25, 0.3) is 11.0 Å². The molecule has 1 aromatic heterocycles. The number of ether oxygens (including phenoxy) is 2. The molecule has 0 unspecified atom stereocenters. The predicted octanol–water partition coefficient (Wildman–Crippen LogP) is 5.51. The van der Waals surface area contributed by atoms with Gasteiger partial charge in [-0.3, -0.25) is 4.79 Å². The quantitative estimate of drug-likeness (QED) is 0.281. The highest BCUT2D eigenvalue weighted by Crippen LogP contribution is 2.26. The molecule has 4 aromatic rings. The van der Waals surface area contributed by atoms with E-state index in [1.165, 1.54) is 0 Å². The van der Waals surface area contributed by atoms with Gasteiger partial charge in [-0.15, -0.1) is 0 Å². The van der Waals surface area contributed by atoms with Crippen molar-refractivity contribution in [3.63, 3.8) is 0 Å². The maximum Gasteiger partial charge on any atom is 0.257 e. The first-order valence-electron chi connectivity index (χ1n) is 11.8. The lowest BCUT2D eigenvalue weighted by Gasteiger charge is -2.13. The zero-order valence-electron chi connectivity index (χ0n) is 20.1. The summed E-state index contributed by atoms with van der Waals surface area (Å²) >= 11 is 6.28. The lowest BCUT2D eigenvalue weighted by atomic mass is 10.1. The summed E-state index contributed by atoms with van der Waals surface area (Å²) < 4.78 is 13.7. The van der Waals surface area contributed by atoms with E-state index in [0.717, 1.165) is 51.6 Å². The molecule has 6 nitrogen and oxygen atoms in total. The SMILES string of the molecule is Cc1cc(OCCn2c(CCCNC(=O)COc3ccccc3)nc3ccccc32)cc(C)c1Cl. The van der Waals surface area contributed by atoms with Crippen LogP contribution in [0.1, 0.15) is 23.4 Å². The second-order valence-electron chi connectivity index (χ2n) is 8.44. The topological polar surface area (TPSA) is 65.4 Å². The van der Waals surface area contributed by atoms with E-state index in [0.29, 0.717) is 25.4 Å². The van der Waals surface area contributed by atoms with E-state index in [1.807, 2.05) is 74.5 Å². The summed E-state index contributed by atoms with van der Waals surface area (Å²) in [6, 6.07) is 21.4. The smallest absolute Gasteiger partial charge is 0.257 e. The number of nitrogens with zero attached hydrogens (tertiary/aromatic N) is 2. The van der Waals surface area contributed by atoms with Crippen molar-refractivity contribution < 1.29 is 14.3 Å². The minimum atomic E-state index is -0.135. The molecule has 0 spiro atoms. The number of nitrogens with one attached hydrogen (secondary N) is 1. The molecule has 0 atom stereocenters. The number of carbonyl (C=O) groups excluding carboxylic acids is 1. The average Bonchev–Trinajstić information content (AvgIpc) is 3.22. The number of fused-ring (bicyclic) bond motifs is 1. The van der Waals surface area contributed by atoms with Crippen LogP contribution in [-0.2, 0) is 17.8 Å². The first-order valence-corrected chi connectivity index (χ1v) is 12.2. The van der Waals surface area contributed by atoms with Gasteiger partial charge in [-0.25, -0.2) is 4.98 Å². The van der Waals surface area contributed by atoms with Gasteiger partial charge in [0.05, 0.1) is 17.6 Å². The maximum atomic E-state index is 12.1. The summed E-state index contributed by atoms with van der Waals surface area (Å²) in [5.74, 6) is 2.34. The molecule has 1 heterocycles. The lowest BCUT2D eigenvalue weighted by molar-refractivity contribution is -0.123. The van der Waals surface area contributed by atoms with Crippen molar-refractivity contribution in [1.29, 1.82) is 0 Å². The summed E-state index contributed by atoms with van der Waals surface area (Å²) in [6.45, 7) is 5.71. The van der Waals surface area contributed by atoms with E-state index in [4.69, 9.17) is 26.1 Å². The number of benzene rings is 3. The van der Waals surface area contributed by atoms with Crippen molar-refractivity contribution in [3.05, 3.63) is 88.7 Å². The Kier molecular flexibility index (Phi) is 8.27. The number of imidazole rings is 1. The fourth-order valence-corrected chi connectivity index (χ4v) is 4.11. The molecule has 182 valence electrons. The van der Waals surface area contributed by atoms with Crippen molar-refractivity contribution in [1.82, 2.24) is 14.9 Å². The molecule has 0 saturated heterocycles. The molecule has 0 aliphatic carbocycles. The van der Waals surface area contributed by atoms with Crippen LogP contribution < -0.4 is 14.8 Å². The van der Waals surface area contributed by atoms with Gasteiger partial charge in [0.2, 0.25) is 0 Å². The Balaban J connectivity index is 1.31. The van der Waals surface area contributed by atoms with Crippen LogP contribution in [0.2, 0.25) is 5.02 Å². The minimum Gasteiger partial charge on any atom is -0.492 e. The zero-order valence-corrected chi connectivity index (χ0v) is 20.8. The summed E-state index contributed by atoms with van der Waals surface area (Å²) in [4.78, 5) is 16.9. The molecule has 7 heteroatoms. The molecule has 3 aromatic carbocycles. The minimum absolute atomic E-state index is 0.00348. The molecular weight excluding hydrogens is 462 g/mol. The Morgan fingerprint density at radius 2 is 1.69 bits per heavy atom. The number of amides is 1. The van der Waals surface area contributed by atoms with Crippen LogP contribution in [0.15, 0.2) is 66.7 Å². The number of hydrogen-bond donors (Lipinski definition) is 1. The third-order valence-electron chi connectivity index (χ3n) is 5.74. The van der Waals surface area contributed by atoms with Crippen LogP contribution in [-0.4, -0.2) is 35.2 Å². The van der Waals surface area contributed by atoms with Crippen molar-refractivity contribution in [2.75, 3.05) is 19.8 Å². The molecule has 4 rings (SSSR count). The molecular formula is C28H30ClN3O3. The zero-order chi connectivity index (χ0) is 24.6. The Hall–Kier alpha value is -3.51. The van der Waals surface area contributed by atoms with Crippen LogP contribution in [0.3, 0.4) is 0 Å². The Morgan fingerprint density at radius 1 is 0.971 bits per heavy atom. The standard InChI is InChI=1S/C28H30ClN3O3/c1-20-17-23(18-21(2)28(20)29)34-16-15-32-25-12-7-6-11-24(25)31-26(32)13-8-14-30-27(33)19-35-22-9-4-3-5-10-22/h3-7,9-12,17-18H,8,13-16,19H2,1-2H3,(H,30,33). The highest BCUT2D eigenvalue weighted by Gasteiger charge is 2.11. The van der Waals surface area contributed by atoms with Gasteiger partial charge in [0.15, 0.2) is 6.61 Å². The summed E-state index contributed by atoms with van der Waals surface area (Å²) in [7, 11) is 0. The molecule has 0 radical (unpaired) electrons. The van der Waals surface area contributed by atoms with Gasteiger partial charge < -0.3 is 19.4 Å². The number of rotatable bonds is 11. The van der Waals surface area contributed by atoms with Gasteiger partial charge in [-0.1, -0.05) is 41.9 Å². The number of para-hydroxylation sites is 3. The molecule has 0 aliphatic rings. The summed E-state index contributed by atoms with van der Waals surface area (Å²) in [5, 5.41) is 3.70.